The summed E-state index contributed by atoms with van der Waals surface area (Å²) in [6, 6.07) is 31.4. The Kier molecular flexibility index (Phi) is 11.5. The van der Waals surface area contributed by atoms with E-state index in [1.54, 1.807) is 7.11 Å². The van der Waals surface area contributed by atoms with Crippen LogP contribution in [0.2, 0.25) is 5.04 Å². The Morgan fingerprint density at radius 3 is 2.00 bits per heavy atom. The fourth-order valence-corrected chi connectivity index (χ4v) is 10.9. The summed E-state index contributed by atoms with van der Waals surface area (Å²) in [7, 11) is -1.17. The van der Waals surface area contributed by atoms with Crippen LogP contribution in [0.25, 0.3) is 0 Å². The first-order valence-corrected chi connectivity index (χ1v) is 15.9. The van der Waals surface area contributed by atoms with Crippen LogP contribution >= 0.6 is 0 Å². The molecule has 4 unspecified atom stereocenters. The predicted molar refractivity (Wildman–Crippen MR) is 158 cm³/mol. The van der Waals surface area contributed by atoms with Crippen LogP contribution in [0.1, 0.15) is 32.8 Å². The first kappa shape index (κ1) is 32.6. The summed E-state index contributed by atoms with van der Waals surface area (Å²) in [6.07, 6.45) is 0.278. The van der Waals surface area contributed by atoms with Crippen LogP contribution in [-0.4, -0.2) is 53.4 Å². The van der Waals surface area contributed by atoms with Crippen molar-refractivity contribution < 1.29 is 59.2 Å². The third-order valence-electron chi connectivity index (χ3n) is 8.12. The molecule has 41 heavy (non-hydrogen) atoms. The molecule has 0 N–H and O–H groups in total. The number of hydrogen-bond donors (Lipinski definition) is 0. The maximum absolute atomic E-state index is 7.34. The first-order valence-electron chi connectivity index (χ1n) is 14.0. The summed E-state index contributed by atoms with van der Waals surface area (Å²) >= 11 is 0. The van der Waals surface area contributed by atoms with Gasteiger partial charge >= 0.3 is 0 Å². The quantitative estimate of drug-likeness (QED) is 0.104. The molecule has 0 radical (unpaired) electrons. The molecule has 2 aliphatic rings. The smallest absolute Gasteiger partial charge is 0.261 e. The zero-order valence-corrected chi connectivity index (χ0v) is 29.6. The Hall–Kier alpha value is -1.31. The Labute approximate surface area is 269 Å². The van der Waals surface area contributed by atoms with Crippen molar-refractivity contribution in [3.8, 4) is 0 Å². The van der Waals surface area contributed by atoms with Crippen LogP contribution in [0.4, 0.5) is 0 Å². The van der Waals surface area contributed by atoms with E-state index in [2.05, 4.69) is 81.4 Å². The summed E-state index contributed by atoms with van der Waals surface area (Å²) in [6.45, 7) is 9.89. The molecule has 8 heteroatoms. The van der Waals surface area contributed by atoms with Gasteiger partial charge in [-0.25, -0.2) is 6.61 Å². The van der Waals surface area contributed by atoms with Crippen LogP contribution in [0.3, 0.4) is 0 Å². The van der Waals surface area contributed by atoms with E-state index in [0.717, 1.165) is 12.0 Å². The van der Waals surface area contributed by atoms with Crippen LogP contribution in [0.15, 0.2) is 91.0 Å². The number of benzene rings is 3. The standard InChI is InChI=1S/C33H41O6Si.U/c1-32(2,3)40(28-16-10-6-11-17-28,29-18-12-7-13-19-29)39-23-33-30(36-24-34-4)20-27(22-38-33)31(33)37-25-35-21-26-14-8-5-9-15-26;/h5-19,22,27,30-31H,20-21,23-25H2,1-4H3;/q-1;. The second-order valence-electron chi connectivity index (χ2n) is 11.7. The fraction of sp³-hybridized carbons (Fsp3) is 0.424. The van der Waals surface area contributed by atoms with Crippen molar-refractivity contribution in [2.45, 2.75) is 56.6 Å². The van der Waals surface area contributed by atoms with Gasteiger partial charge in [0.2, 0.25) is 0 Å². The molecule has 2 fully saturated rings. The fourth-order valence-electron chi connectivity index (χ4n) is 6.27. The predicted octanol–water partition coefficient (Wildman–Crippen LogP) is 5.06. The number of fused-ring (bicyclic) bond motifs is 2. The van der Waals surface area contributed by atoms with Gasteiger partial charge in [0.15, 0.2) is 0 Å². The topological polar surface area (TPSA) is 55.4 Å². The van der Waals surface area contributed by atoms with Crippen molar-refractivity contribution in [3.63, 3.8) is 0 Å². The van der Waals surface area contributed by atoms with Crippen molar-refractivity contribution >= 4 is 18.7 Å². The van der Waals surface area contributed by atoms with E-state index in [-0.39, 0.29) is 67.9 Å². The third kappa shape index (κ3) is 6.77. The van der Waals surface area contributed by atoms with E-state index in [9.17, 15) is 0 Å². The molecule has 6 nitrogen and oxygen atoms in total. The van der Waals surface area contributed by atoms with Crippen LogP contribution in [0, 0.1) is 43.6 Å². The molecule has 3 aromatic carbocycles. The van der Waals surface area contributed by atoms with Gasteiger partial charge in [0.05, 0.1) is 25.4 Å². The van der Waals surface area contributed by atoms with Gasteiger partial charge in [0.25, 0.3) is 8.32 Å². The zero-order valence-electron chi connectivity index (χ0n) is 24.5. The molecule has 0 amide bonds. The molecule has 3 aromatic rings. The van der Waals surface area contributed by atoms with E-state index in [1.165, 1.54) is 10.4 Å². The van der Waals surface area contributed by atoms with E-state index in [0.29, 0.717) is 13.2 Å². The summed E-state index contributed by atoms with van der Waals surface area (Å²) in [5.41, 5.74) is 0.293. The first-order chi connectivity index (χ1) is 19.4. The number of rotatable bonds is 13. The van der Waals surface area contributed by atoms with E-state index >= 15 is 0 Å². The minimum absolute atomic E-state index is 0. The van der Waals surface area contributed by atoms with Gasteiger partial charge in [0, 0.05) is 38.2 Å². The van der Waals surface area contributed by atoms with Crippen LogP contribution < -0.4 is 10.4 Å². The molecule has 0 aromatic heterocycles. The van der Waals surface area contributed by atoms with Gasteiger partial charge in [-0.2, -0.15) is 0 Å². The molecular formula is C33H41O6SiU-. The Bertz CT molecular complexity index is 1150. The number of hydrogen-bond acceptors (Lipinski definition) is 6. The van der Waals surface area contributed by atoms with Crippen molar-refractivity contribution in [3.05, 3.63) is 103 Å². The molecule has 5 rings (SSSR count). The minimum atomic E-state index is -2.80. The summed E-state index contributed by atoms with van der Waals surface area (Å²) in [5, 5.41) is 2.28. The molecule has 1 aliphatic heterocycles. The van der Waals surface area contributed by atoms with Crippen molar-refractivity contribution in [2.24, 2.45) is 5.92 Å². The molecule has 1 saturated carbocycles. The second-order valence-corrected chi connectivity index (χ2v) is 16.0. The average Bonchev–Trinajstić information content (AvgIpc) is 3.46. The monoisotopic (exact) mass is 799 g/mol. The Morgan fingerprint density at radius 1 is 0.854 bits per heavy atom. The molecule has 1 heterocycles. The third-order valence-corrected chi connectivity index (χ3v) is 13.1. The van der Waals surface area contributed by atoms with Gasteiger partial charge < -0.3 is 28.1 Å². The summed E-state index contributed by atoms with van der Waals surface area (Å²) in [5.74, 6) is 0.0740. The molecule has 218 valence electrons. The van der Waals surface area contributed by atoms with Gasteiger partial charge in [0.1, 0.15) is 19.2 Å². The zero-order chi connectivity index (χ0) is 28.1. The van der Waals surface area contributed by atoms with E-state index in [1.807, 2.05) is 36.9 Å². The van der Waals surface area contributed by atoms with Crippen molar-refractivity contribution in [1.29, 1.82) is 0 Å². The molecular weight excluding hydrogens is 758 g/mol. The van der Waals surface area contributed by atoms with Gasteiger partial charge in [-0.3, -0.25) is 0 Å². The Morgan fingerprint density at radius 2 is 1.44 bits per heavy atom. The molecule has 4 atom stereocenters. The summed E-state index contributed by atoms with van der Waals surface area (Å²) in [4.78, 5) is 0. The van der Waals surface area contributed by atoms with E-state index in [4.69, 9.17) is 28.1 Å². The van der Waals surface area contributed by atoms with Crippen molar-refractivity contribution in [1.82, 2.24) is 0 Å². The average molecular weight is 800 g/mol. The van der Waals surface area contributed by atoms with Crippen LogP contribution in [-0.2, 0) is 34.7 Å². The largest absolute Gasteiger partial charge is 0.542 e. The second kappa shape index (κ2) is 14.4. The molecule has 2 bridgehead atoms. The van der Waals surface area contributed by atoms with Gasteiger partial charge in [-0.05, 0) is 27.4 Å². The SMILES string of the molecule is COCOC1CC2[CH-]OC1(CO[Si](c1ccccc1)(c1ccccc1)C(C)(C)C)C2OCOCc1ccccc1.[U]. The summed E-state index contributed by atoms with van der Waals surface area (Å²) < 4.78 is 37.6. The van der Waals surface area contributed by atoms with E-state index < -0.39 is 13.9 Å². The van der Waals surface area contributed by atoms with Gasteiger partial charge in [-0.1, -0.05) is 112 Å². The minimum Gasteiger partial charge on any atom is -0.542 e. The normalized spacial score (nSPS) is 23.9. The molecule has 1 aliphatic carbocycles. The number of ether oxygens (including phenoxy) is 5. The maximum atomic E-state index is 7.34. The molecule has 1 saturated heterocycles. The molecule has 0 spiro atoms. The van der Waals surface area contributed by atoms with Gasteiger partial charge in [-0.15, -0.1) is 5.92 Å². The Balaban J connectivity index is 0.00000387. The maximum Gasteiger partial charge on any atom is 0.261 e. The van der Waals surface area contributed by atoms with Crippen LogP contribution in [0.5, 0.6) is 0 Å². The number of methoxy groups -OCH3 is 1. The van der Waals surface area contributed by atoms with Crippen molar-refractivity contribution in [2.75, 3.05) is 27.3 Å².